The average Bonchev–Trinajstić information content (AvgIpc) is 3.26. The van der Waals surface area contributed by atoms with Crippen LogP contribution in [0, 0.1) is 12.3 Å². The van der Waals surface area contributed by atoms with E-state index in [1.807, 2.05) is 29.3 Å². The van der Waals surface area contributed by atoms with Gasteiger partial charge in [0.2, 0.25) is 17.8 Å². The Morgan fingerprint density at radius 2 is 1.79 bits per heavy atom. The van der Waals surface area contributed by atoms with Crippen molar-refractivity contribution in [1.29, 1.82) is 0 Å². The number of hydrogen-bond donors (Lipinski definition) is 1. The standard InChI is InChI=1S/C25H28N6O2/c1-2-19-17-27-25(28-18-19)31-14-12-30(13-15-31)23(32)6-4-3-5-10-29-11-9-20-7-8-21(24(26)33)16-22(20)29/h1,7-9,11,16-18H,3-6,10,12-15H2,(H2,26,33). The maximum Gasteiger partial charge on any atom is 0.248 e. The van der Waals surface area contributed by atoms with Crippen molar-refractivity contribution >= 4 is 28.7 Å². The number of terminal acetylenes is 1. The van der Waals surface area contributed by atoms with Crippen LogP contribution < -0.4 is 10.6 Å². The van der Waals surface area contributed by atoms with E-state index in [1.165, 1.54) is 0 Å². The van der Waals surface area contributed by atoms with Gasteiger partial charge in [-0.3, -0.25) is 9.59 Å². The van der Waals surface area contributed by atoms with Crippen LogP contribution in [0.4, 0.5) is 5.95 Å². The fourth-order valence-corrected chi connectivity index (χ4v) is 4.14. The molecule has 2 amide bonds. The molecule has 0 saturated carbocycles. The number of piperazine rings is 1. The van der Waals surface area contributed by atoms with Gasteiger partial charge in [0, 0.05) is 68.8 Å². The summed E-state index contributed by atoms with van der Waals surface area (Å²) in [7, 11) is 0. The molecule has 0 unspecified atom stereocenters. The molecule has 1 saturated heterocycles. The molecular formula is C25H28N6O2. The van der Waals surface area contributed by atoms with Gasteiger partial charge in [0.15, 0.2) is 0 Å². The molecule has 1 fully saturated rings. The van der Waals surface area contributed by atoms with Crippen molar-refractivity contribution in [2.24, 2.45) is 5.73 Å². The number of fused-ring (bicyclic) bond motifs is 1. The van der Waals surface area contributed by atoms with Crippen molar-refractivity contribution in [2.75, 3.05) is 31.1 Å². The zero-order valence-electron chi connectivity index (χ0n) is 18.6. The zero-order chi connectivity index (χ0) is 23.2. The summed E-state index contributed by atoms with van der Waals surface area (Å²) in [5, 5.41) is 1.09. The maximum atomic E-state index is 12.6. The first-order valence-corrected chi connectivity index (χ1v) is 11.3. The largest absolute Gasteiger partial charge is 0.366 e. The summed E-state index contributed by atoms with van der Waals surface area (Å²) in [6, 6.07) is 7.55. The summed E-state index contributed by atoms with van der Waals surface area (Å²) in [5.41, 5.74) is 7.59. The van der Waals surface area contributed by atoms with Gasteiger partial charge < -0.3 is 20.1 Å². The minimum Gasteiger partial charge on any atom is -0.366 e. The second-order valence-corrected chi connectivity index (χ2v) is 8.24. The van der Waals surface area contributed by atoms with Crippen LogP contribution in [-0.4, -0.2) is 57.4 Å². The van der Waals surface area contributed by atoms with Crippen molar-refractivity contribution in [2.45, 2.75) is 32.2 Å². The fraction of sp³-hybridized carbons (Fsp3) is 0.360. The van der Waals surface area contributed by atoms with Gasteiger partial charge in [-0.25, -0.2) is 9.97 Å². The SMILES string of the molecule is C#Cc1cnc(N2CCN(C(=O)CCCCCn3ccc4ccc(C(N)=O)cc43)CC2)nc1. The normalized spacial score (nSPS) is 13.8. The van der Waals surface area contributed by atoms with Crippen LogP contribution in [0.3, 0.4) is 0 Å². The van der Waals surface area contributed by atoms with Crippen molar-refractivity contribution in [3.05, 3.63) is 54.0 Å². The molecule has 2 N–H and O–H groups in total. The van der Waals surface area contributed by atoms with Crippen LogP contribution in [-0.2, 0) is 11.3 Å². The molecule has 0 bridgehead atoms. The topological polar surface area (TPSA) is 97.4 Å². The van der Waals surface area contributed by atoms with E-state index in [1.54, 1.807) is 18.5 Å². The molecule has 2 aromatic heterocycles. The highest BCUT2D eigenvalue weighted by molar-refractivity contribution is 5.97. The summed E-state index contributed by atoms with van der Waals surface area (Å²) in [6.45, 7) is 3.63. The maximum absolute atomic E-state index is 12.6. The van der Waals surface area contributed by atoms with E-state index in [0.717, 1.165) is 49.8 Å². The highest BCUT2D eigenvalue weighted by atomic mass is 16.2. The number of primary amides is 1. The highest BCUT2D eigenvalue weighted by Crippen LogP contribution is 2.19. The molecule has 170 valence electrons. The molecule has 3 heterocycles. The number of amides is 2. The molecule has 1 aromatic carbocycles. The number of carbonyl (C=O) groups is 2. The van der Waals surface area contributed by atoms with Crippen LogP contribution in [0.25, 0.3) is 10.9 Å². The van der Waals surface area contributed by atoms with Gasteiger partial charge in [-0.1, -0.05) is 18.4 Å². The molecule has 8 nitrogen and oxygen atoms in total. The Labute approximate surface area is 193 Å². The quantitative estimate of drug-likeness (QED) is 0.425. The van der Waals surface area contributed by atoms with Gasteiger partial charge in [0.05, 0.1) is 5.56 Å². The molecule has 4 rings (SSSR count). The number of benzene rings is 1. The van der Waals surface area contributed by atoms with Crippen LogP contribution in [0.15, 0.2) is 42.9 Å². The van der Waals surface area contributed by atoms with E-state index < -0.39 is 5.91 Å². The lowest BCUT2D eigenvalue weighted by molar-refractivity contribution is -0.131. The van der Waals surface area contributed by atoms with E-state index in [-0.39, 0.29) is 5.91 Å². The number of nitrogens with zero attached hydrogens (tertiary/aromatic N) is 5. The summed E-state index contributed by atoms with van der Waals surface area (Å²) >= 11 is 0. The predicted molar refractivity (Wildman–Crippen MR) is 128 cm³/mol. The summed E-state index contributed by atoms with van der Waals surface area (Å²) in [4.78, 5) is 36.7. The third-order valence-electron chi connectivity index (χ3n) is 6.07. The van der Waals surface area contributed by atoms with Gasteiger partial charge in [0.25, 0.3) is 0 Å². The number of aryl methyl sites for hydroxylation is 1. The first kappa shape index (κ1) is 22.3. The van der Waals surface area contributed by atoms with Gasteiger partial charge in [-0.15, -0.1) is 6.42 Å². The van der Waals surface area contributed by atoms with Crippen LogP contribution in [0.2, 0.25) is 0 Å². The lowest BCUT2D eigenvalue weighted by atomic mass is 10.1. The molecule has 8 heteroatoms. The minimum absolute atomic E-state index is 0.204. The molecule has 0 radical (unpaired) electrons. The van der Waals surface area contributed by atoms with Gasteiger partial charge in [-0.2, -0.15) is 0 Å². The van der Waals surface area contributed by atoms with Gasteiger partial charge in [-0.05, 0) is 36.4 Å². The lowest BCUT2D eigenvalue weighted by Crippen LogP contribution is -2.49. The Morgan fingerprint density at radius 1 is 1.03 bits per heavy atom. The Morgan fingerprint density at radius 3 is 2.48 bits per heavy atom. The van der Waals surface area contributed by atoms with Crippen LogP contribution in [0.5, 0.6) is 0 Å². The molecule has 0 aliphatic carbocycles. The van der Waals surface area contributed by atoms with Gasteiger partial charge in [0.1, 0.15) is 0 Å². The molecule has 1 aliphatic rings. The van der Waals surface area contributed by atoms with Crippen molar-refractivity contribution in [3.8, 4) is 12.3 Å². The van der Waals surface area contributed by atoms with E-state index in [9.17, 15) is 9.59 Å². The van der Waals surface area contributed by atoms with Gasteiger partial charge >= 0.3 is 0 Å². The summed E-state index contributed by atoms with van der Waals surface area (Å²) in [6.07, 6.45) is 14.0. The minimum atomic E-state index is -0.418. The Balaban J connectivity index is 1.18. The molecule has 0 spiro atoms. The Hall–Kier alpha value is -3.86. The number of rotatable bonds is 8. The number of carbonyl (C=O) groups excluding carboxylic acids is 2. The second kappa shape index (κ2) is 10.2. The number of anilines is 1. The third kappa shape index (κ3) is 5.32. The zero-order valence-corrected chi connectivity index (χ0v) is 18.6. The monoisotopic (exact) mass is 444 g/mol. The number of nitrogens with two attached hydrogens (primary N) is 1. The van der Waals surface area contributed by atoms with Crippen molar-refractivity contribution in [3.63, 3.8) is 0 Å². The van der Waals surface area contributed by atoms with E-state index in [2.05, 4.69) is 25.4 Å². The fourth-order valence-electron chi connectivity index (χ4n) is 4.14. The smallest absolute Gasteiger partial charge is 0.248 e. The van der Waals surface area contributed by atoms with E-state index in [0.29, 0.717) is 36.6 Å². The first-order valence-electron chi connectivity index (χ1n) is 11.3. The number of hydrogen-bond acceptors (Lipinski definition) is 5. The Bertz CT molecular complexity index is 1170. The summed E-state index contributed by atoms with van der Waals surface area (Å²) < 4.78 is 2.14. The van der Waals surface area contributed by atoms with Crippen molar-refractivity contribution < 1.29 is 9.59 Å². The number of aromatic nitrogens is 3. The van der Waals surface area contributed by atoms with Crippen molar-refractivity contribution in [1.82, 2.24) is 19.4 Å². The predicted octanol–water partition coefficient (Wildman–Crippen LogP) is 2.42. The first-order chi connectivity index (χ1) is 16.0. The molecule has 3 aromatic rings. The van der Waals surface area contributed by atoms with E-state index >= 15 is 0 Å². The lowest BCUT2D eigenvalue weighted by Gasteiger charge is -2.34. The summed E-state index contributed by atoms with van der Waals surface area (Å²) in [5.74, 6) is 2.96. The van der Waals surface area contributed by atoms with Crippen LogP contribution in [0.1, 0.15) is 41.6 Å². The molecule has 1 aliphatic heterocycles. The molecular weight excluding hydrogens is 416 g/mol. The highest BCUT2D eigenvalue weighted by Gasteiger charge is 2.22. The van der Waals surface area contributed by atoms with Crippen LogP contribution >= 0.6 is 0 Å². The Kier molecular flexibility index (Phi) is 6.89. The average molecular weight is 445 g/mol. The molecule has 0 atom stereocenters. The second-order valence-electron chi connectivity index (χ2n) is 8.24. The number of unbranched alkanes of at least 4 members (excludes halogenated alkanes) is 2. The molecule has 33 heavy (non-hydrogen) atoms. The third-order valence-corrected chi connectivity index (χ3v) is 6.07. The van der Waals surface area contributed by atoms with E-state index in [4.69, 9.17) is 12.2 Å².